The van der Waals surface area contributed by atoms with E-state index in [1.54, 1.807) is 0 Å². The van der Waals surface area contributed by atoms with Gasteiger partial charge in [0.1, 0.15) is 116 Å². The highest BCUT2D eigenvalue weighted by molar-refractivity contribution is 7.80. The fraction of sp³-hybridized carbons (Fsp3) is 0.897. The lowest BCUT2D eigenvalue weighted by Crippen LogP contribution is -2.71. The first-order valence-corrected chi connectivity index (χ1v) is 24.2. The number of hydrogen-bond acceptors (Lipinski definition) is 30. The van der Waals surface area contributed by atoms with Crippen LogP contribution in [0.4, 0.5) is 0 Å². The maximum atomic E-state index is 13.0. The minimum absolute atomic E-state index is 0.812. The number of aliphatic carboxylic acids is 1. The minimum Gasteiger partial charge on any atom is -0.477 e. The van der Waals surface area contributed by atoms with Crippen LogP contribution in [-0.2, 0) is 76.4 Å². The summed E-state index contributed by atoms with van der Waals surface area (Å²) in [5, 5.41) is 167. The maximum absolute atomic E-state index is 13.0. The Kier molecular flexibility index (Phi) is 21.9. The summed E-state index contributed by atoms with van der Waals surface area (Å²) < 4.78 is 88.4. The molecule has 75 heavy (non-hydrogen) atoms. The minimum atomic E-state index is -5.39. The number of amides is 3. The van der Waals surface area contributed by atoms with E-state index < -0.39 is 232 Å². The van der Waals surface area contributed by atoms with Gasteiger partial charge >= 0.3 is 16.4 Å². The number of carbonyl (C=O) groups excluding carboxylic acids is 3. The first-order valence-electron chi connectivity index (χ1n) is 22.9. The molecule has 0 unspecified atom stereocenters. The molecule has 0 saturated carbocycles. The van der Waals surface area contributed by atoms with Crippen molar-refractivity contribution in [3.05, 3.63) is 0 Å². The normalized spacial score (nSPS) is 43.5. The van der Waals surface area contributed by atoms with Gasteiger partial charge < -0.3 is 135 Å². The highest BCUT2D eigenvalue weighted by Crippen LogP contribution is 2.39. The van der Waals surface area contributed by atoms with Gasteiger partial charge in [-0.3, -0.25) is 18.9 Å². The van der Waals surface area contributed by atoms with Crippen LogP contribution >= 0.6 is 0 Å². The van der Waals surface area contributed by atoms with Crippen LogP contribution in [0.25, 0.3) is 0 Å². The third kappa shape index (κ3) is 14.8. The Bertz CT molecular complexity index is 2030. The molecule has 5 heterocycles. The molecule has 19 N–H and O–H groups in total. The molecule has 0 aromatic rings. The summed E-state index contributed by atoms with van der Waals surface area (Å²) in [4.78, 5) is 49.7. The molecule has 35 nitrogen and oxygen atoms in total. The van der Waals surface area contributed by atoms with Gasteiger partial charge in [-0.25, -0.2) is 8.98 Å². The van der Waals surface area contributed by atoms with Crippen molar-refractivity contribution in [3.63, 3.8) is 0 Å². The third-order valence-electron chi connectivity index (χ3n) is 12.7. The predicted octanol–water partition coefficient (Wildman–Crippen LogP) is -12.5. The Morgan fingerprint density at radius 3 is 1.68 bits per heavy atom. The van der Waals surface area contributed by atoms with E-state index in [9.17, 15) is 109 Å². The first kappa shape index (κ1) is 62.7. The van der Waals surface area contributed by atoms with Crippen molar-refractivity contribution < 1.29 is 156 Å². The molecule has 434 valence electrons. The second-order valence-corrected chi connectivity index (χ2v) is 19.2. The predicted molar refractivity (Wildman–Crippen MR) is 229 cm³/mol. The quantitative estimate of drug-likeness (QED) is 0.0475. The van der Waals surface area contributed by atoms with Gasteiger partial charge in [-0.05, 0) is 0 Å². The van der Waals surface area contributed by atoms with Crippen molar-refractivity contribution >= 4 is 34.1 Å². The molecular weight excluding hydrogens is 1050 g/mol. The lowest BCUT2D eigenvalue weighted by atomic mass is 9.88. The number of carboxylic acid groups (broad SMARTS) is 1. The van der Waals surface area contributed by atoms with Crippen molar-refractivity contribution in [1.29, 1.82) is 0 Å². The van der Waals surface area contributed by atoms with Crippen molar-refractivity contribution in [2.24, 2.45) is 0 Å². The van der Waals surface area contributed by atoms with Gasteiger partial charge in [0.2, 0.25) is 17.7 Å². The number of aliphatic hydroxyl groups excluding tert-OH is 14. The molecule has 26 atom stereocenters. The molecule has 0 aromatic carbocycles. The Hall–Kier alpha value is -3.17. The Morgan fingerprint density at radius 2 is 1.13 bits per heavy atom. The van der Waals surface area contributed by atoms with Crippen LogP contribution in [0.2, 0.25) is 0 Å². The van der Waals surface area contributed by atoms with Gasteiger partial charge in [-0.2, -0.15) is 8.42 Å². The Morgan fingerprint density at radius 1 is 0.613 bits per heavy atom. The van der Waals surface area contributed by atoms with Crippen LogP contribution in [-0.4, -0.2) is 305 Å². The highest BCUT2D eigenvalue weighted by Gasteiger charge is 2.61. The molecule has 0 bridgehead atoms. The topological polar surface area (TPSA) is 554 Å². The molecule has 3 amide bonds. The summed E-state index contributed by atoms with van der Waals surface area (Å²) >= 11 is 0. The van der Waals surface area contributed by atoms with E-state index in [0.717, 1.165) is 20.8 Å². The molecule has 5 fully saturated rings. The number of nitrogens with one attached hydrogen (secondary N) is 3. The summed E-state index contributed by atoms with van der Waals surface area (Å²) in [7, 11) is -5.39. The molecule has 5 rings (SSSR count). The second-order valence-electron chi connectivity index (χ2n) is 18.2. The number of hydrogen-bond donors (Lipinski definition) is 19. The van der Waals surface area contributed by atoms with Crippen molar-refractivity contribution in [3.8, 4) is 0 Å². The second kappa shape index (κ2) is 26.2. The van der Waals surface area contributed by atoms with Gasteiger partial charge in [0.15, 0.2) is 25.2 Å². The molecule has 5 aliphatic heterocycles. The van der Waals surface area contributed by atoms with E-state index in [0.29, 0.717) is 0 Å². The Labute approximate surface area is 424 Å². The Balaban J connectivity index is 1.43. The molecule has 0 spiro atoms. The number of carbonyl (C=O) groups is 4. The van der Waals surface area contributed by atoms with E-state index in [1.807, 2.05) is 0 Å². The third-order valence-corrected chi connectivity index (χ3v) is 13.1. The summed E-state index contributed by atoms with van der Waals surface area (Å²) in [5.41, 5.74) is 0. The largest absolute Gasteiger partial charge is 0.477 e. The number of ether oxygens (including phenoxy) is 9. The smallest absolute Gasteiger partial charge is 0.397 e. The first-order chi connectivity index (χ1) is 35.0. The average molecular weight is 1120 g/mol. The SMILES string of the molecule is CC(=O)N[C@@H]1[C@@H](O[C@@H]2O[C@H](CO)[C@H](O)[C@H](O)[C@H]2O)[C@@H](O)[C@@H](CO[C@@H]2O[C@H](COS(=O)(=O)O)[C@@H](O[C@@H]3O[C@H](CO)[C@H](O)[C@H](O[C@]4(C(=O)O)C[C@H](O)[C@@H](NC(C)=O)[C@H]([C@H](O)[C@H](O)CO)O4)[C@H]3O)[C@H](O)[C@H]2NC(C)=O)O[C@H]1O. The monoisotopic (exact) mass is 1120 g/mol. The number of rotatable bonds is 21. The van der Waals surface area contributed by atoms with Crippen LogP contribution in [0.1, 0.15) is 27.2 Å². The van der Waals surface area contributed by atoms with Gasteiger partial charge in [-0.1, -0.05) is 0 Å². The van der Waals surface area contributed by atoms with Crippen LogP contribution in [0.3, 0.4) is 0 Å². The zero-order valence-electron chi connectivity index (χ0n) is 39.8. The number of aliphatic hydroxyl groups is 14. The van der Waals surface area contributed by atoms with Crippen LogP contribution in [0.5, 0.6) is 0 Å². The summed E-state index contributed by atoms with van der Waals surface area (Å²) in [5.74, 6) is -7.95. The lowest BCUT2D eigenvalue weighted by molar-refractivity contribution is -0.383. The molecular formula is C39H65N3O32S. The standard InChI is InChI=1S/C39H65N3O32S/c1-10(46)40-19-13(49)4-39(38(60)61,73-32(19)22(51)14(50)5-43)74-33-24(53)16(7-45)69-37(29(33)58)71-30-18(9-66-75(62,63)64)70-35(20(26(30)55)41-11(2)47)65-8-17-25(54)31(21(34(59)67-17)42-12(3)48)72-36-28(57)27(56)23(52)15(6-44)68-36/h13-37,43-45,49-59H,4-9H2,1-3H3,(H,40,46)(H,41,47)(H,42,48)(H,60,61)(H,62,63,64)/t13-,14+,15+,16+,17+,18+,19+,20+,21+,22+,23-,24-,25-,26+,27-,28+,29+,30+,31+,32+,33-,34+,35+,36-,37-,39-/m0/s1. The maximum Gasteiger partial charge on any atom is 0.397 e. The van der Waals surface area contributed by atoms with E-state index in [-0.39, 0.29) is 0 Å². The van der Waals surface area contributed by atoms with Crippen LogP contribution < -0.4 is 16.0 Å². The van der Waals surface area contributed by atoms with Gasteiger partial charge in [0, 0.05) is 27.2 Å². The molecule has 36 heteroatoms. The van der Waals surface area contributed by atoms with Gasteiger partial charge in [0.25, 0.3) is 5.79 Å². The van der Waals surface area contributed by atoms with Gasteiger partial charge in [-0.15, -0.1) is 0 Å². The van der Waals surface area contributed by atoms with E-state index in [4.69, 9.17) is 42.6 Å². The lowest BCUT2D eigenvalue weighted by Gasteiger charge is -2.51. The van der Waals surface area contributed by atoms with Crippen molar-refractivity contribution in [2.75, 3.05) is 33.0 Å². The average Bonchev–Trinajstić information content (AvgIpc) is 3.33. The van der Waals surface area contributed by atoms with Crippen molar-refractivity contribution in [1.82, 2.24) is 16.0 Å². The summed E-state index contributed by atoms with van der Waals surface area (Å²) in [6, 6.07) is -5.25. The number of carboxylic acids is 1. The van der Waals surface area contributed by atoms with Gasteiger partial charge in [0.05, 0.1) is 45.2 Å². The summed E-state index contributed by atoms with van der Waals surface area (Å²) in [6.07, 6.45) is -46.7. The van der Waals surface area contributed by atoms with Crippen molar-refractivity contribution in [2.45, 2.75) is 186 Å². The zero-order chi connectivity index (χ0) is 56.2. The van der Waals surface area contributed by atoms with E-state index in [1.165, 1.54) is 0 Å². The fourth-order valence-electron chi connectivity index (χ4n) is 8.98. The molecule has 5 saturated heterocycles. The summed E-state index contributed by atoms with van der Waals surface area (Å²) in [6.45, 7) is -2.63. The van der Waals surface area contributed by atoms with Crippen LogP contribution in [0, 0.1) is 0 Å². The molecule has 0 aromatic heterocycles. The van der Waals surface area contributed by atoms with E-state index >= 15 is 0 Å². The van der Waals surface area contributed by atoms with E-state index in [2.05, 4.69) is 20.1 Å². The zero-order valence-corrected chi connectivity index (χ0v) is 40.6. The fourth-order valence-corrected chi connectivity index (χ4v) is 9.29. The molecule has 0 aliphatic carbocycles. The highest BCUT2D eigenvalue weighted by atomic mass is 32.3. The molecule has 0 radical (unpaired) electrons. The van der Waals surface area contributed by atoms with Crippen LogP contribution in [0.15, 0.2) is 0 Å². The molecule has 5 aliphatic rings.